The van der Waals surface area contributed by atoms with Gasteiger partial charge in [-0.05, 0) is 36.4 Å². The molecule has 0 saturated heterocycles. The molecule has 21 heavy (non-hydrogen) atoms. The molecule has 0 unspecified atom stereocenters. The van der Waals surface area contributed by atoms with E-state index in [0.717, 1.165) is 0 Å². The maximum Gasteiger partial charge on any atom is 0.164 e. The molecule has 110 valence electrons. The summed E-state index contributed by atoms with van der Waals surface area (Å²) in [7, 11) is 0. The Morgan fingerprint density at radius 3 is 2.48 bits per heavy atom. The molecule has 2 aromatic carbocycles. The van der Waals surface area contributed by atoms with Crippen molar-refractivity contribution in [3.05, 3.63) is 64.4 Å². The van der Waals surface area contributed by atoms with Crippen molar-refractivity contribution < 1.29 is 13.9 Å². The number of hydrogen-bond donors (Lipinski definition) is 0. The lowest BCUT2D eigenvalue weighted by Crippen LogP contribution is -2.01. The highest BCUT2D eigenvalue weighted by molar-refractivity contribution is 6.31. The number of carbonyl (C=O) groups is 1. The minimum absolute atomic E-state index is 0.0197. The van der Waals surface area contributed by atoms with E-state index < -0.39 is 5.82 Å². The van der Waals surface area contributed by atoms with Crippen molar-refractivity contribution >= 4 is 29.0 Å². The highest BCUT2D eigenvalue weighted by atomic mass is 35.5. The summed E-state index contributed by atoms with van der Waals surface area (Å²) in [6.07, 6.45) is 0.298. The number of benzene rings is 2. The van der Waals surface area contributed by atoms with Crippen LogP contribution in [0.5, 0.6) is 5.75 Å². The van der Waals surface area contributed by atoms with Crippen LogP contribution < -0.4 is 4.74 Å². The summed E-state index contributed by atoms with van der Waals surface area (Å²) in [5, 5.41) is 0.323. The monoisotopic (exact) mass is 326 g/mol. The summed E-state index contributed by atoms with van der Waals surface area (Å²) in [6.45, 7) is 0.0283. The molecule has 5 heteroatoms. The van der Waals surface area contributed by atoms with Gasteiger partial charge >= 0.3 is 0 Å². The fourth-order valence-electron chi connectivity index (χ4n) is 1.79. The second-order valence-corrected chi connectivity index (χ2v) is 5.16. The summed E-state index contributed by atoms with van der Waals surface area (Å²) < 4.78 is 19.1. The summed E-state index contributed by atoms with van der Waals surface area (Å²) in [6, 6.07) is 11.1. The van der Waals surface area contributed by atoms with E-state index >= 15 is 0 Å². The quantitative estimate of drug-likeness (QED) is 0.559. The molecule has 0 aromatic heterocycles. The average molecular weight is 327 g/mol. The number of halogens is 3. The Kier molecular flexibility index (Phi) is 5.59. The third-order valence-corrected chi connectivity index (χ3v) is 3.49. The number of Topliss-reactive ketones (excluding diaryl/α,β-unsaturated/α-hetero) is 1. The molecule has 0 heterocycles. The van der Waals surface area contributed by atoms with Gasteiger partial charge in [-0.15, -0.1) is 11.6 Å². The van der Waals surface area contributed by atoms with E-state index in [0.29, 0.717) is 34.2 Å². The largest absolute Gasteiger partial charge is 0.489 e. The fraction of sp³-hybridized carbons (Fsp3) is 0.188. The van der Waals surface area contributed by atoms with Crippen LogP contribution in [-0.4, -0.2) is 11.7 Å². The fourth-order valence-corrected chi connectivity index (χ4v) is 2.18. The Balaban J connectivity index is 2.03. The first kappa shape index (κ1) is 15.8. The van der Waals surface area contributed by atoms with Crippen LogP contribution in [0.1, 0.15) is 22.3 Å². The molecule has 2 nitrogen and oxygen atoms in total. The second kappa shape index (κ2) is 7.43. The molecule has 0 aliphatic heterocycles. The van der Waals surface area contributed by atoms with E-state index in [1.807, 2.05) is 0 Å². The van der Waals surface area contributed by atoms with Crippen LogP contribution in [0.25, 0.3) is 0 Å². The summed E-state index contributed by atoms with van der Waals surface area (Å²) in [4.78, 5) is 11.6. The van der Waals surface area contributed by atoms with Crippen molar-refractivity contribution in [1.29, 1.82) is 0 Å². The number of carbonyl (C=O) groups excluding carboxylic acids is 1. The molecule has 0 saturated carbocycles. The Bertz CT molecular complexity index is 606. The molecule has 0 spiro atoms. The van der Waals surface area contributed by atoms with E-state index in [2.05, 4.69) is 0 Å². The van der Waals surface area contributed by atoms with E-state index in [-0.39, 0.29) is 12.4 Å². The molecule has 0 N–H and O–H groups in total. The predicted octanol–water partition coefficient (Wildman–Crippen LogP) is 4.87. The maximum absolute atomic E-state index is 13.6. The van der Waals surface area contributed by atoms with Crippen LogP contribution in [0.15, 0.2) is 42.5 Å². The van der Waals surface area contributed by atoms with Crippen LogP contribution >= 0.6 is 23.2 Å². The predicted molar refractivity (Wildman–Crippen MR) is 81.9 cm³/mol. The van der Waals surface area contributed by atoms with E-state index in [1.165, 1.54) is 6.07 Å². The van der Waals surface area contributed by atoms with Crippen LogP contribution in [0, 0.1) is 5.82 Å². The van der Waals surface area contributed by atoms with Gasteiger partial charge in [-0.2, -0.15) is 0 Å². The van der Waals surface area contributed by atoms with Crippen molar-refractivity contribution in [3.8, 4) is 5.75 Å². The molecule has 0 radical (unpaired) electrons. The lowest BCUT2D eigenvalue weighted by atomic mass is 10.1. The Morgan fingerprint density at radius 2 is 1.86 bits per heavy atom. The van der Waals surface area contributed by atoms with Crippen molar-refractivity contribution in [2.45, 2.75) is 13.0 Å². The van der Waals surface area contributed by atoms with Crippen molar-refractivity contribution in [3.63, 3.8) is 0 Å². The second-order valence-electron chi connectivity index (χ2n) is 4.38. The Labute approximate surface area is 132 Å². The molecule has 2 rings (SSSR count). The van der Waals surface area contributed by atoms with Crippen LogP contribution in [0.4, 0.5) is 4.39 Å². The third kappa shape index (κ3) is 4.19. The molecule has 2 aromatic rings. The number of ether oxygens (including phenoxy) is 1. The summed E-state index contributed by atoms with van der Waals surface area (Å²) in [5.41, 5.74) is 0.883. The minimum atomic E-state index is -0.406. The highest BCUT2D eigenvalue weighted by Crippen LogP contribution is 2.22. The summed E-state index contributed by atoms with van der Waals surface area (Å²) in [5.74, 6) is 0.407. The van der Waals surface area contributed by atoms with Gasteiger partial charge in [0.15, 0.2) is 5.78 Å². The van der Waals surface area contributed by atoms with Gasteiger partial charge in [0.25, 0.3) is 0 Å². The van der Waals surface area contributed by atoms with Crippen molar-refractivity contribution in [2.75, 3.05) is 5.88 Å². The topological polar surface area (TPSA) is 26.3 Å². The lowest BCUT2D eigenvalue weighted by Gasteiger charge is -2.09. The molecular weight excluding hydrogens is 314 g/mol. The summed E-state index contributed by atoms with van der Waals surface area (Å²) >= 11 is 11.5. The van der Waals surface area contributed by atoms with Gasteiger partial charge in [0.2, 0.25) is 0 Å². The van der Waals surface area contributed by atoms with Gasteiger partial charge in [0.1, 0.15) is 18.2 Å². The zero-order valence-corrected chi connectivity index (χ0v) is 12.6. The first-order valence-corrected chi connectivity index (χ1v) is 7.28. The number of alkyl halides is 1. The minimum Gasteiger partial charge on any atom is -0.489 e. The Hall–Kier alpha value is -1.58. The van der Waals surface area contributed by atoms with Gasteiger partial charge in [-0.3, -0.25) is 4.79 Å². The van der Waals surface area contributed by atoms with Crippen LogP contribution in [0.3, 0.4) is 0 Å². The smallest absolute Gasteiger partial charge is 0.164 e. The molecule has 0 fully saturated rings. The molecule has 0 aliphatic rings. The lowest BCUT2D eigenvalue weighted by molar-refractivity contribution is 0.0989. The van der Waals surface area contributed by atoms with Gasteiger partial charge in [0, 0.05) is 23.4 Å². The maximum atomic E-state index is 13.6. The van der Waals surface area contributed by atoms with Gasteiger partial charge in [0.05, 0.1) is 5.02 Å². The zero-order valence-electron chi connectivity index (χ0n) is 11.1. The number of hydrogen-bond acceptors (Lipinski definition) is 2. The molecule has 0 bridgehead atoms. The highest BCUT2D eigenvalue weighted by Gasteiger charge is 2.08. The molecule has 0 aliphatic carbocycles. The van der Waals surface area contributed by atoms with Gasteiger partial charge in [-0.25, -0.2) is 4.39 Å². The number of rotatable bonds is 6. The number of ketones is 1. The molecular formula is C16H13Cl2FO2. The molecule has 0 amide bonds. The Morgan fingerprint density at radius 1 is 1.14 bits per heavy atom. The van der Waals surface area contributed by atoms with Crippen LogP contribution in [-0.2, 0) is 6.61 Å². The first-order chi connectivity index (χ1) is 10.1. The normalized spacial score (nSPS) is 10.4. The van der Waals surface area contributed by atoms with E-state index in [9.17, 15) is 9.18 Å². The van der Waals surface area contributed by atoms with E-state index in [1.54, 1.807) is 36.4 Å². The van der Waals surface area contributed by atoms with Gasteiger partial charge in [-0.1, -0.05) is 17.7 Å². The average Bonchev–Trinajstić information content (AvgIpc) is 2.47. The van der Waals surface area contributed by atoms with Crippen molar-refractivity contribution in [2.24, 2.45) is 0 Å². The van der Waals surface area contributed by atoms with Gasteiger partial charge < -0.3 is 4.74 Å². The van der Waals surface area contributed by atoms with Crippen LogP contribution in [0.2, 0.25) is 5.02 Å². The SMILES string of the molecule is O=C(CCCl)c1ccc(OCc2c(F)cccc2Cl)cc1. The first-order valence-electron chi connectivity index (χ1n) is 6.36. The molecule has 0 atom stereocenters. The standard InChI is InChI=1S/C16H13Cl2FO2/c17-9-8-16(20)11-4-6-12(7-5-11)21-10-13-14(18)2-1-3-15(13)19/h1-7H,8-10H2. The van der Waals surface area contributed by atoms with E-state index in [4.69, 9.17) is 27.9 Å². The zero-order chi connectivity index (χ0) is 15.2. The third-order valence-electron chi connectivity index (χ3n) is 2.94. The van der Waals surface area contributed by atoms with Crippen molar-refractivity contribution in [1.82, 2.24) is 0 Å².